The summed E-state index contributed by atoms with van der Waals surface area (Å²) in [5, 5.41) is 3.72. The molecule has 0 heterocycles. The van der Waals surface area contributed by atoms with Crippen molar-refractivity contribution < 1.29 is 0 Å². The molecule has 0 radical (unpaired) electrons. The lowest BCUT2D eigenvalue weighted by Gasteiger charge is -2.41. The van der Waals surface area contributed by atoms with Gasteiger partial charge in [-0.3, -0.25) is 0 Å². The van der Waals surface area contributed by atoms with Gasteiger partial charge in [0.2, 0.25) is 0 Å². The molecule has 2 saturated carbocycles. The Morgan fingerprint density at radius 1 is 1.17 bits per heavy atom. The molecule has 106 valence electrons. The van der Waals surface area contributed by atoms with E-state index in [1.54, 1.807) is 0 Å². The third-order valence-electron chi connectivity index (χ3n) is 5.00. The van der Waals surface area contributed by atoms with Gasteiger partial charge in [-0.25, -0.2) is 0 Å². The van der Waals surface area contributed by atoms with Crippen molar-refractivity contribution in [1.29, 1.82) is 0 Å². The first kappa shape index (κ1) is 14.3. The average molecular weight is 252 g/mol. The Bertz CT molecular complexity index is 239. The van der Waals surface area contributed by atoms with E-state index in [1.807, 2.05) is 0 Å². The number of nitrogens with one attached hydrogen (secondary N) is 1. The van der Waals surface area contributed by atoms with Crippen LogP contribution in [-0.2, 0) is 0 Å². The van der Waals surface area contributed by atoms with Crippen LogP contribution in [0.5, 0.6) is 0 Å². The molecule has 1 N–H and O–H groups in total. The van der Waals surface area contributed by atoms with E-state index in [4.69, 9.17) is 0 Å². The number of nitrogens with zero attached hydrogens (tertiary/aromatic N) is 1. The van der Waals surface area contributed by atoms with Crippen LogP contribution in [0.4, 0.5) is 0 Å². The van der Waals surface area contributed by atoms with E-state index < -0.39 is 0 Å². The summed E-state index contributed by atoms with van der Waals surface area (Å²) in [6.07, 6.45) is 10.1. The Balaban J connectivity index is 1.81. The molecule has 2 rings (SSSR count). The minimum atomic E-state index is 0.583. The maximum absolute atomic E-state index is 3.72. The van der Waals surface area contributed by atoms with Crippen molar-refractivity contribution in [2.75, 3.05) is 26.7 Å². The smallest absolute Gasteiger partial charge is 0.00924 e. The average Bonchev–Trinajstić information content (AvgIpc) is 2.63. The molecule has 0 aromatic rings. The van der Waals surface area contributed by atoms with Gasteiger partial charge in [0.25, 0.3) is 0 Å². The number of hydrogen-bond donors (Lipinski definition) is 1. The van der Waals surface area contributed by atoms with Crippen LogP contribution in [0.15, 0.2) is 0 Å². The standard InChI is InChI=1S/C16H32N2/c1-14(2)11-17-12-16(9-4-5-10-16)13-18(3)15-7-6-8-15/h14-15,17H,4-13H2,1-3H3. The van der Waals surface area contributed by atoms with Gasteiger partial charge in [-0.2, -0.15) is 0 Å². The molecular formula is C16H32N2. The third-order valence-corrected chi connectivity index (χ3v) is 5.00. The third kappa shape index (κ3) is 3.71. The van der Waals surface area contributed by atoms with Gasteiger partial charge in [0, 0.05) is 19.1 Å². The number of hydrogen-bond acceptors (Lipinski definition) is 2. The molecule has 0 amide bonds. The van der Waals surface area contributed by atoms with E-state index in [9.17, 15) is 0 Å². The van der Waals surface area contributed by atoms with Gasteiger partial charge >= 0.3 is 0 Å². The van der Waals surface area contributed by atoms with E-state index in [0.29, 0.717) is 5.41 Å². The van der Waals surface area contributed by atoms with Crippen molar-refractivity contribution >= 4 is 0 Å². The van der Waals surface area contributed by atoms with Gasteiger partial charge in [-0.15, -0.1) is 0 Å². The monoisotopic (exact) mass is 252 g/mol. The van der Waals surface area contributed by atoms with Crippen molar-refractivity contribution in [3.05, 3.63) is 0 Å². The van der Waals surface area contributed by atoms with E-state index >= 15 is 0 Å². The SMILES string of the molecule is CC(C)CNCC1(CN(C)C2CCC2)CCCC1. The first-order valence-electron chi connectivity index (χ1n) is 8.02. The summed E-state index contributed by atoms with van der Waals surface area (Å²) in [5.74, 6) is 0.771. The van der Waals surface area contributed by atoms with Crippen LogP contribution in [0.2, 0.25) is 0 Å². The summed E-state index contributed by atoms with van der Waals surface area (Å²) < 4.78 is 0. The van der Waals surface area contributed by atoms with Crippen LogP contribution < -0.4 is 5.32 Å². The van der Waals surface area contributed by atoms with Gasteiger partial charge in [-0.05, 0) is 50.6 Å². The lowest BCUT2D eigenvalue weighted by atomic mass is 9.83. The van der Waals surface area contributed by atoms with Gasteiger partial charge in [0.1, 0.15) is 0 Å². The molecule has 2 heteroatoms. The minimum Gasteiger partial charge on any atom is -0.316 e. The number of rotatable bonds is 7. The summed E-state index contributed by atoms with van der Waals surface area (Å²) in [7, 11) is 2.35. The highest BCUT2D eigenvalue weighted by Gasteiger charge is 2.36. The maximum Gasteiger partial charge on any atom is 0.00924 e. The fraction of sp³-hybridized carbons (Fsp3) is 1.00. The fourth-order valence-corrected chi connectivity index (χ4v) is 3.63. The quantitative estimate of drug-likeness (QED) is 0.748. The first-order chi connectivity index (χ1) is 8.61. The fourth-order valence-electron chi connectivity index (χ4n) is 3.63. The zero-order chi connectivity index (χ0) is 13.0. The Hall–Kier alpha value is -0.0800. The summed E-state index contributed by atoms with van der Waals surface area (Å²) in [6, 6.07) is 0.896. The summed E-state index contributed by atoms with van der Waals surface area (Å²) in [4.78, 5) is 2.66. The zero-order valence-corrected chi connectivity index (χ0v) is 12.7. The topological polar surface area (TPSA) is 15.3 Å². The van der Waals surface area contributed by atoms with Crippen molar-refractivity contribution in [2.45, 2.75) is 64.8 Å². The second-order valence-electron chi connectivity index (χ2n) is 7.23. The highest BCUT2D eigenvalue weighted by Crippen LogP contribution is 2.39. The molecule has 2 nitrogen and oxygen atoms in total. The van der Waals surface area contributed by atoms with Gasteiger partial charge in [0.05, 0.1) is 0 Å². The van der Waals surface area contributed by atoms with Crippen LogP contribution >= 0.6 is 0 Å². The van der Waals surface area contributed by atoms with Crippen molar-refractivity contribution in [3.8, 4) is 0 Å². The lowest BCUT2D eigenvalue weighted by Crippen LogP contribution is -2.47. The van der Waals surface area contributed by atoms with E-state index in [-0.39, 0.29) is 0 Å². The Labute approximate surface area is 114 Å². The maximum atomic E-state index is 3.72. The molecule has 0 aromatic carbocycles. The van der Waals surface area contributed by atoms with Gasteiger partial charge < -0.3 is 10.2 Å². The minimum absolute atomic E-state index is 0.583. The highest BCUT2D eigenvalue weighted by atomic mass is 15.1. The first-order valence-corrected chi connectivity index (χ1v) is 8.02. The molecule has 2 fully saturated rings. The molecule has 0 bridgehead atoms. The van der Waals surface area contributed by atoms with Crippen molar-refractivity contribution in [3.63, 3.8) is 0 Å². The lowest BCUT2D eigenvalue weighted by molar-refractivity contribution is 0.0934. The largest absolute Gasteiger partial charge is 0.316 e. The molecular weight excluding hydrogens is 220 g/mol. The Morgan fingerprint density at radius 2 is 1.83 bits per heavy atom. The molecule has 0 atom stereocenters. The molecule has 0 unspecified atom stereocenters. The van der Waals surface area contributed by atoms with Crippen LogP contribution in [0.3, 0.4) is 0 Å². The zero-order valence-electron chi connectivity index (χ0n) is 12.7. The van der Waals surface area contributed by atoms with Gasteiger partial charge in [-0.1, -0.05) is 33.1 Å². The Morgan fingerprint density at radius 3 is 2.33 bits per heavy atom. The van der Waals surface area contributed by atoms with E-state index in [2.05, 4.69) is 31.1 Å². The molecule has 0 spiro atoms. The molecule has 2 aliphatic rings. The summed E-state index contributed by atoms with van der Waals surface area (Å²) in [6.45, 7) is 8.34. The predicted octanol–water partition coefficient (Wildman–Crippen LogP) is 3.28. The van der Waals surface area contributed by atoms with Crippen molar-refractivity contribution in [2.24, 2.45) is 11.3 Å². The van der Waals surface area contributed by atoms with E-state index in [1.165, 1.54) is 64.6 Å². The second-order valence-corrected chi connectivity index (χ2v) is 7.23. The molecule has 2 aliphatic carbocycles. The second kappa shape index (κ2) is 6.38. The normalized spacial score (nSPS) is 23.8. The summed E-state index contributed by atoms with van der Waals surface area (Å²) >= 11 is 0. The summed E-state index contributed by atoms with van der Waals surface area (Å²) in [5.41, 5.74) is 0.583. The molecule has 0 aliphatic heterocycles. The van der Waals surface area contributed by atoms with Crippen LogP contribution in [0.25, 0.3) is 0 Å². The predicted molar refractivity (Wildman–Crippen MR) is 78.9 cm³/mol. The van der Waals surface area contributed by atoms with E-state index in [0.717, 1.165) is 12.0 Å². The molecule has 0 saturated heterocycles. The van der Waals surface area contributed by atoms with Crippen LogP contribution in [-0.4, -0.2) is 37.6 Å². The molecule has 0 aromatic heterocycles. The molecule has 18 heavy (non-hydrogen) atoms. The van der Waals surface area contributed by atoms with Crippen molar-refractivity contribution in [1.82, 2.24) is 10.2 Å². The van der Waals surface area contributed by atoms with Gasteiger partial charge in [0.15, 0.2) is 0 Å². The highest BCUT2D eigenvalue weighted by molar-refractivity contribution is 4.91. The van der Waals surface area contributed by atoms with Crippen LogP contribution in [0, 0.1) is 11.3 Å². The van der Waals surface area contributed by atoms with Crippen LogP contribution in [0.1, 0.15) is 58.8 Å². The Kier molecular flexibility index (Phi) is 5.08.